The Morgan fingerprint density at radius 2 is 1.93 bits per heavy atom. The van der Waals surface area contributed by atoms with E-state index in [4.69, 9.17) is 4.42 Å². The van der Waals surface area contributed by atoms with Crippen LogP contribution in [0.3, 0.4) is 0 Å². The SMILES string of the molecule is Cc1ccc(C(=O)OCC(=O)NCC(F)(F)F)cc1NC(=O)c1ccco1. The zero-order chi connectivity index (χ0) is 20.0. The number of nitrogens with one attached hydrogen (secondary N) is 2. The van der Waals surface area contributed by atoms with Gasteiger partial charge in [-0.2, -0.15) is 13.2 Å². The van der Waals surface area contributed by atoms with Crippen LogP contribution in [0.4, 0.5) is 18.9 Å². The van der Waals surface area contributed by atoms with Crippen molar-refractivity contribution in [2.24, 2.45) is 0 Å². The number of amides is 2. The quantitative estimate of drug-likeness (QED) is 0.747. The second-order valence-corrected chi connectivity index (χ2v) is 5.43. The number of rotatable bonds is 6. The normalized spacial score (nSPS) is 11.0. The predicted molar refractivity (Wildman–Crippen MR) is 87.2 cm³/mol. The molecule has 2 amide bonds. The second-order valence-electron chi connectivity index (χ2n) is 5.43. The summed E-state index contributed by atoms with van der Waals surface area (Å²) in [5, 5.41) is 4.15. The molecule has 1 aromatic heterocycles. The lowest BCUT2D eigenvalue weighted by Crippen LogP contribution is -2.36. The van der Waals surface area contributed by atoms with Gasteiger partial charge in [0, 0.05) is 5.69 Å². The van der Waals surface area contributed by atoms with Crippen molar-refractivity contribution in [3.05, 3.63) is 53.5 Å². The number of carbonyl (C=O) groups excluding carboxylic acids is 3. The molecule has 0 saturated carbocycles. The number of furan rings is 1. The summed E-state index contributed by atoms with van der Waals surface area (Å²) in [5.41, 5.74) is 0.973. The number of alkyl halides is 3. The highest BCUT2D eigenvalue weighted by Crippen LogP contribution is 2.19. The summed E-state index contributed by atoms with van der Waals surface area (Å²) in [6.45, 7) is -0.689. The van der Waals surface area contributed by atoms with E-state index in [0.717, 1.165) is 0 Å². The molecule has 7 nitrogen and oxygen atoms in total. The average Bonchev–Trinajstić information content (AvgIpc) is 3.14. The van der Waals surface area contributed by atoms with Crippen LogP contribution in [0.15, 0.2) is 41.0 Å². The Hall–Kier alpha value is -3.30. The first-order valence-electron chi connectivity index (χ1n) is 7.62. The van der Waals surface area contributed by atoms with Crippen molar-refractivity contribution < 1.29 is 36.7 Å². The van der Waals surface area contributed by atoms with Crippen molar-refractivity contribution in [2.45, 2.75) is 13.1 Å². The number of ether oxygens (including phenoxy) is 1. The Balaban J connectivity index is 1.96. The molecule has 0 spiro atoms. The number of aryl methyl sites for hydroxylation is 1. The molecule has 0 bridgehead atoms. The Labute approximate surface area is 151 Å². The van der Waals surface area contributed by atoms with E-state index < -0.39 is 37.1 Å². The van der Waals surface area contributed by atoms with Crippen LogP contribution in [0.1, 0.15) is 26.5 Å². The van der Waals surface area contributed by atoms with Crippen molar-refractivity contribution in [2.75, 3.05) is 18.5 Å². The van der Waals surface area contributed by atoms with E-state index in [1.807, 2.05) is 0 Å². The van der Waals surface area contributed by atoms with Gasteiger partial charge in [-0.25, -0.2) is 4.79 Å². The van der Waals surface area contributed by atoms with E-state index in [0.29, 0.717) is 11.3 Å². The van der Waals surface area contributed by atoms with Crippen LogP contribution < -0.4 is 10.6 Å². The monoisotopic (exact) mass is 384 g/mol. The van der Waals surface area contributed by atoms with Crippen molar-refractivity contribution in [3.63, 3.8) is 0 Å². The lowest BCUT2D eigenvalue weighted by molar-refractivity contribution is -0.140. The molecule has 0 aliphatic rings. The van der Waals surface area contributed by atoms with Gasteiger partial charge in [-0.15, -0.1) is 0 Å². The minimum atomic E-state index is -4.56. The van der Waals surface area contributed by atoms with Gasteiger partial charge in [0.1, 0.15) is 6.54 Å². The number of halogens is 3. The molecule has 2 N–H and O–H groups in total. The Kier molecular flexibility index (Phi) is 6.22. The van der Waals surface area contributed by atoms with Crippen molar-refractivity contribution in [1.29, 1.82) is 0 Å². The summed E-state index contributed by atoms with van der Waals surface area (Å²) < 4.78 is 45.7. The van der Waals surface area contributed by atoms with E-state index in [9.17, 15) is 27.6 Å². The first-order valence-corrected chi connectivity index (χ1v) is 7.62. The maximum Gasteiger partial charge on any atom is 0.405 e. The highest BCUT2D eigenvalue weighted by Gasteiger charge is 2.27. The highest BCUT2D eigenvalue weighted by atomic mass is 19.4. The van der Waals surface area contributed by atoms with Crippen LogP contribution >= 0.6 is 0 Å². The maximum absolute atomic E-state index is 12.0. The Morgan fingerprint density at radius 1 is 1.19 bits per heavy atom. The average molecular weight is 384 g/mol. The molecule has 0 unspecified atom stereocenters. The summed E-state index contributed by atoms with van der Waals surface area (Å²) in [6.07, 6.45) is -3.23. The minimum Gasteiger partial charge on any atom is -0.459 e. The number of hydrogen-bond acceptors (Lipinski definition) is 5. The number of benzene rings is 1. The van der Waals surface area contributed by atoms with Gasteiger partial charge in [0.15, 0.2) is 12.4 Å². The van der Waals surface area contributed by atoms with Gasteiger partial charge in [0.2, 0.25) is 0 Å². The zero-order valence-electron chi connectivity index (χ0n) is 14.1. The van der Waals surface area contributed by atoms with Gasteiger partial charge in [-0.05, 0) is 36.8 Å². The van der Waals surface area contributed by atoms with E-state index >= 15 is 0 Å². The molecule has 0 radical (unpaired) electrons. The fourth-order valence-corrected chi connectivity index (χ4v) is 1.94. The number of esters is 1. The van der Waals surface area contributed by atoms with Gasteiger partial charge >= 0.3 is 12.1 Å². The number of hydrogen-bond donors (Lipinski definition) is 2. The topological polar surface area (TPSA) is 97.6 Å². The molecule has 144 valence electrons. The molecule has 0 aliphatic carbocycles. The van der Waals surface area contributed by atoms with Gasteiger partial charge in [0.05, 0.1) is 11.8 Å². The van der Waals surface area contributed by atoms with Crippen LogP contribution in [0, 0.1) is 6.92 Å². The zero-order valence-corrected chi connectivity index (χ0v) is 14.1. The van der Waals surface area contributed by atoms with E-state index in [2.05, 4.69) is 10.1 Å². The van der Waals surface area contributed by atoms with Crippen molar-refractivity contribution in [1.82, 2.24) is 5.32 Å². The minimum absolute atomic E-state index is 0.0129. The summed E-state index contributed by atoms with van der Waals surface area (Å²) in [7, 11) is 0. The first kappa shape index (κ1) is 20.0. The summed E-state index contributed by atoms with van der Waals surface area (Å²) in [5.74, 6) is -2.46. The largest absolute Gasteiger partial charge is 0.459 e. The Bertz CT molecular complexity index is 832. The van der Waals surface area contributed by atoms with Gasteiger partial charge < -0.3 is 19.8 Å². The molecular weight excluding hydrogens is 369 g/mol. The van der Waals surface area contributed by atoms with E-state index in [1.54, 1.807) is 18.3 Å². The third-order valence-corrected chi connectivity index (χ3v) is 3.29. The standard InChI is InChI=1S/C17H15F3N2O5/c1-10-4-5-11(7-12(10)22-15(24)13-3-2-6-26-13)16(25)27-8-14(23)21-9-17(18,19)20/h2-7H,8-9H2,1H3,(H,21,23)(H,22,24). The van der Waals surface area contributed by atoms with Gasteiger partial charge in [-0.1, -0.05) is 6.07 Å². The molecule has 0 aliphatic heterocycles. The van der Waals surface area contributed by atoms with Crippen LogP contribution in [-0.2, 0) is 9.53 Å². The fourth-order valence-electron chi connectivity index (χ4n) is 1.94. The van der Waals surface area contributed by atoms with Crippen molar-refractivity contribution >= 4 is 23.5 Å². The van der Waals surface area contributed by atoms with Gasteiger partial charge in [0.25, 0.3) is 11.8 Å². The summed E-state index contributed by atoms with van der Waals surface area (Å²) in [4.78, 5) is 35.3. The van der Waals surface area contributed by atoms with Crippen LogP contribution in [0.5, 0.6) is 0 Å². The lowest BCUT2D eigenvalue weighted by Gasteiger charge is -2.11. The van der Waals surface area contributed by atoms with Crippen LogP contribution in [0.2, 0.25) is 0 Å². The van der Waals surface area contributed by atoms with Crippen molar-refractivity contribution in [3.8, 4) is 0 Å². The third kappa shape index (κ3) is 6.17. The second kappa shape index (κ2) is 8.39. The molecule has 27 heavy (non-hydrogen) atoms. The highest BCUT2D eigenvalue weighted by molar-refractivity contribution is 6.03. The predicted octanol–water partition coefficient (Wildman–Crippen LogP) is 2.68. The maximum atomic E-state index is 12.0. The molecular formula is C17H15F3N2O5. The fraction of sp³-hybridized carbons (Fsp3) is 0.235. The molecule has 0 atom stereocenters. The lowest BCUT2D eigenvalue weighted by atomic mass is 10.1. The smallest absolute Gasteiger partial charge is 0.405 e. The molecule has 1 heterocycles. The summed E-state index contributed by atoms with van der Waals surface area (Å²) >= 11 is 0. The van der Waals surface area contributed by atoms with Crippen LogP contribution in [0.25, 0.3) is 0 Å². The molecule has 0 fully saturated rings. The molecule has 2 aromatic rings. The van der Waals surface area contributed by atoms with E-state index in [-0.39, 0.29) is 11.3 Å². The molecule has 2 rings (SSSR count). The molecule has 10 heteroatoms. The molecule has 0 saturated heterocycles. The first-order chi connectivity index (χ1) is 12.7. The molecule has 1 aromatic carbocycles. The van der Waals surface area contributed by atoms with Crippen LogP contribution in [-0.4, -0.2) is 37.1 Å². The Morgan fingerprint density at radius 3 is 2.56 bits per heavy atom. The third-order valence-electron chi connectivity index (χ3n) is 3.29. The number of anilines is 1. The summed E-state index contributed by atoms with van der Waals surface area (Å²) in [6, 6.07) is 7.26. The van der Waals surface area contributed by atoms with E-state index in [1.165, 1.54) is 30.5 Å². The number of carbonyl (C=O) groups is 3. The van der Waals surface area contributed by atoms with Gasteiger partial charge in [-0.3, -0.25) is 9.59 Å².